The van der Waals surface area contributed by atoms with Crippen LogP contribution < -0.4 is 16.0 Å². The third-order valence-electron chi connectivity index (χ3n) is 4.08. The molecule has 0 radical (unpaired) electrons. The number of hydrogen-bond acceptors (Lipinski definition) is 4. The Hall–Kier alpha value is -2.22. The molecule has 0 saturated carbocycles. The number of nitrogens with one attached hydrogen (secondary N) is 3. The van der Waals surface area contributed by atoms with Crippen molar-refractivity contribution in [2.24, 2.45) is 0 Å². The van der Waals surface area contributed by atoms with Crippen molar-refractivity contribution < 1.29 is 14.0 Å². The van der Waals surface area contributed by atoms with Crippen molar-refractivity contribution in [3.63, 3.8) is 0 Å². The molecular formula is C19H21ClFN3O2S. The zero-order chi connectivity index (χ0) is 18.5. The van der Waals surface area contributed by atoms with Crippen LogP contribution in [-0.2, 0) is 0 Å². The Balaban J connectivity index is 0.00000261. The molecule has 3 N–H and O–H groups in total. The van der Waals surface area contributed by atoms with E-state index in [-0.39, 0.29) is 23.9 Å². The largest absolute Gasteiger partial charge is 0.348 e. The zero-order valence-corrected chi connectivity index (χ0v) is 16.4. The minimum absolute atomic E-state index is 0. The molecule has 1 aromatic heterocycles. The van der Waals surface area contributed by atoms with E-state index in [1.165, 1.54) is 35.1 Å². The quantitative estimate of drug-likeness (QED) is 0.662. The lowest BCUT2D eigenvalue weighted by molar-refractivity contribution is 0.0959. The summed E-state index contributed by atoms with van der Waals surface area (Å²) in [6, 6.07) is 7.24. The highest BCUT2D eigenvalue weighted by molar-refractivity contribution is 7.18. The molecule has 0 fully saturated rings. The van der Waals surface area contributed by atoms with Gasteiger partial charge >= 0.3 is 0 Å². The molecule has 144 valence electrons. The van der Waals surface area contributed by atoms with Crippen LogP contribution >= 0.6 is 23.7 Å². The van der Waals surface area contributed by atoms with Gasteiger partial charge in [-0.25, -0.2) is 4.39 Å². The summed E-state index contributed by atoms with van der Waals surface area (Å²) in [4.78, 5) is 25.2. The van der Waals surface area contributed by atoms with E-state index in [9.17, 15) is 14.0 Å². The van der Waals surface area contributed by atoms with Crippen LogP contribution in [0.2, 0.25) is 0 Å². The smallest absolute Gasteiger partial charge is 0.261 e. The number of halogens is 2. The zero-order valence-electron chi connectivity index (χ0n) is 14.8. The molecule has 1 aliphatic rings. The van der Waals surface area contributed by atoms with Crippen LogP contribution in [-0.4, -0.2) is 31.4 Å². The van der Waals surface area contributed by atoms with Crippen molar-refractivity contribution in [2.45, 2.75) is 13.3 Å². The fraction of sp³-hybridized carbons (Fsp3) is 0.263. The van der Waals surface area contributed by atoms with Crippen molar-refractivity contribution in [1.29, 1.82) is 0 Å². The second-order valence-electron chi connectivity index (χ2n) is 6.09. The van der Waals surface area contributed by atoms with Crippen LogP contribution in [0.3, 0.4) is 0 Å². The maximum Gasteiger partial charge on any atom is 0.261 e. The average molecular weight is 410 g/mol. The summed E-state index contributed by atoms with van der Waals surface area (Å²) in [6.45, 7) is 4.12. The molecule has 3 rings (SSSR count). The van der Waals surface area contributed by atoms with E-state index < -0.39 is 11.7 Å². The number of aryl methyl sites for hydroxylation is 1. The first-order valence-electron chi connectivity index (χ1n) is 8.37. The lowest BCUT2D eigenvalue weighted by Gasteiger charge is -2.14. The molecule has 8 heteroatoms. The summed E-state index contributed by atoms with van der Waals surface area (Å²) in [7, 11) is 0. The Morgan fingerprint density at radius 2 is 2.07 bits per heavy atom. The van der Waals surface area contributed by atoms with Gasteiger partial charge in [-0.15, -0.1) is 23.7 Å². The molecular weight excluding hydrogens is 389 g/mol. The molecule has 0 spiro atoms. The van der Waals surface area contributed by atoms with Crippen LogP contribution in [0.5, 0.6) is 0 Å². The number of benzene rings is 1. The SMILES string of the molecule is Cc1cc(NC(=O)c2cccc(F)c2)sc1C(=O)NCC1=CCNCC1.Cl. The number of carbonyl (C=O) groups is 2. The van der Waals surface area contributed by atoms with Gasteiger partial charge in [0.2, 0.25) is 0 Å². The molecule has 5 nitrogen and oxygen atoms in total. The summed E-state index contributed by atoms with van der Waals surface area (Å²) in [5, 5.41) is 9.44. The van der Waals surface area contributed by atoms with E-state index in [0.29, 0.717) is 16.4 Å². The fourth-order valence-electron chi connectivity index (χ4n) is 2.69. The van der Waals surface area contributed by atoms with E-state index >= 15 is 0 Å². The van der Waals surface area contributed by atoms with Crippen LogP contribution in [0.15, 0.2) is 42.0 Å². The van der Waals surface area contributed by atoms with E-state index in [4.69, 9.17) is 0 Å². The molecule has 27 heavy (non-hydrogen) atoms. The summed E-state index contributed by atoms with van der Waals surface area (Å²) in [5.41, 5.74) is 2.24. The highest BCUT2D eigenvalue weighted by Crippen LogP contribution is 2.27. The van der Waals surface area contributed by atoms with Gasteiger partial charge in [-0.1, -0.05) is 17.7 Å². The maximum absolute atomic E-state index is 13.2. The number of hydrogen-bond donors (Lipinski definition) is 3. The van der Waals surface area contributed by atoms with Crippen molar-refractivity contribution in [1.82, 2.24) is 10.6 Å². The number of carbonyl (C=O) groups excluding carboxylic acids is 2. The van der Waals surface area contributed by atoms with Crippen molar-refractivity contribution >= 4 is 40.6 Å². The molecule has 2 aromatic rings. The summed E-state index contributed by atoms with van der Waals surface area (Å²) >= 11 is 1.21. The second-order valence-corrected chi connectivity index (χ2v) is 7.14. The van der Waals surface area contributed by atoms with Gasteiger partial charge in [0.05, 0.1) is 9.88 Å². The van der Waals surface area contributed by atoms with Crippen molar-refractivity contribution in [3.8, 4) is 0 Å². The standard InChI is InChI=1S/C19H20FN3O2S.ClH/c1-12-9-16(23-18(24)14-3-2-4-15(20)10-14)26-17(12)19(25)22-11-13-5-7-21-8-6-13;/h2-5,9-10,21H,6-8,11H2,1H3,(H,22,25)(H,23,24);1H. The van der Waals surface area contributed by atoms with Crippen LogP contribution in [0.1, 0.15) is 32.0 Å². The molecule has 1 aliphatic heterocycles. The molecule has 0 bridgehead atoms. The summed E-state index contributed by atoms with van der Waals surface area (Å²) < 4.78 is 13.2. The van der Waals surface area contributed by atoms with Gasteiger partial charge in [0.25, 0.3) is 11.8 Å². The molecule has 2 amide bonds. The van der Waals surface area contributed by atoms with Crippen LogP contribution in [0, 0.1) is 12.7 Å². The van der Waals surface area contributed by atoms with E-state index in [1.54, 1.807) is 12.1 Å². The minimum Gasteiger partial charge on any atom is -0.348 e. The Labute approximate surface area is 167 Å². The van der Waals surface area contributed by atoms with Gasteiger partial charge in [-0.3, -0.25) is 9.59 Å². The molecule has 2 heterocycles. The first-order chi connectivity index (χ1) is 12.5. The highest BCUT2D eigenvalue weighted by Gasteiger charge is 2.16. The van der Waals surface area contributed by atoms with Gasteiger partial charge in [-0.05, 0) is 49.7 Å². The van der Waals surface area contributed by atoms with Gasteiger partial charge < -0.3 is 16.0 Å². The minimum atomic E-state index is -0.465. The van der Waals surface area contributed by atoms with Crippen molar-refractivity contribution in [3.05, 3.63) is 63.8 Å². The van der Waals surface area contributed by atoms with Gasteiger partial charge in [0, 0.05) is 18.7 Å². The third kappa shape index (κ3) is 5.63. The second kappa shape index (κ2) is 9.64. The predicted molar refractivity (Wildman–Crippen MR) is 109 cm³/mol. The van der Waals surface area contributed by atoms with Crippen molar-refractivity contribution in [2.75, 3.05) is 25.0 Å². The number of anilines is 1. The van der Waals surface area contributed by atoms with Gasteiger partial charge in [-0.2, -0.15) is 0 Å². The predicted octanol–water partition coefficient (Wildman–Crippen LogP) is 3.52. The topological polar surface area (TPSA) is 70.2 Å². The monoisotopic (exact) mass is 409 g/mol. The maximum atomic E-state index is 13.2. The molecule has 1 aromatic carbocycles. The average Bonchev–Trinajstić information content (AvgIpc) is 3.01. The van der Waals surface area contributed by atoms with E-state index in [0.717, 1.165) is 25.1 Å². The normalized spacial score (nSPS) is 13.3. The summed E-state index contributed by atoms with van der Waals surface area (Å²) in [5.74, 6) is -1.02. The third-order valence-corrected chi connectivity index (χ3v) is 5.23. The number of thiophene rings is 1. The number of rotatable bonds is 5. The highest BCUT2D eigenvalue weighted by atomic mass is 35.5. The van der Waals surface area contributed by atoms with Crippen LogP contribution in [0.25, 0.3) is 0 Å². The Morgan fingerprint density at radius 1 is 1.26 bits per heavy atom. The van der Waals surface area contributed by atoms with E-state index in [1.807, 2.05) is 6.92 Å². The first kappa shape index (κ1) is 21.1. The fourth-order valence-corrected chi connectivity index (χ4v) is 3.67. The van der Waals surface area contributed by atoms with E-state index in [2.05, 4.69) is 22.0 Å². The molecule has 0 unspecified atom stereocenters. The van der Waals surface area contributed by atoms with Crippen LogP contribution in [0.4, 0.5) is 9.39 Å². The first-order valence-corrected chi connectivity index (χ1v) is 9.19. The number of amides is 2. The molecule has 0 atom stereocenters. The molecule has 0 saturated heterocycles. The Bertz CT molecular complexity index is 866. The van der Waals surface area contributed by atoms with Gasteiger partial charge in [0.15, 0.2) is 0 Å². The molecule has 0 aliphatic carbocycles. The van der Waals surface area contributed by atoms with Gasteiger partial charge in [0.1, 0.15) is 5.82 Å². The Morgan fingerprint density at radius 3 is 2.78 bits per heavy atom. The Kier molecular flexibility index (Phi) is 7.53. The lowest BCUT2D eigenvalue weighted by atomic mass is 10.1. The lowest BCUT2D eigenvalue weighted by Crippen LogP contribution is -2.29. The summed E-state index contributed by atoms with van der Waals surface area (Å²) in [6.07, 6.45) is 3.02.